The summed E-state index contributed by atoms with van der Waals surface area (Å²) in [5, 5.41) is 3.41. The first-order chi connectivity index (χ1) is 6.41. The summed E-state index contributed by atoms with van der Waals surface area (Å²) in [4.78, 5) is 2.43. The van der Waals surface area contributed by atoms with E-state index in [1.807, 2.05) is 0 Å². The predicted octanol–water partition coefficient (Wildman–Crippen LogP) is 2.35. The summed E-state index contributed by atoms with van der Waals surface area (Å²) in [6.07, 6.45) is 2.58. The van der Waals surface area contributed by atoms with Gasteiger partial charge in [-0.3, -0.25) is 0 Å². The molecular formula is C12H28N2. The number of hydrogen-bond donors (Lipinski definition) is 1. The molecule has 0 saturated heterocycles. The minimum Gasteiger partial charge on any atom is -0.315 e. The van der Waals surface area contributed by atoms with Crippen LogP contribution >= 0.6 is 0 Å². The highest BCUT2D eigenvalue weighted by molar-refractivity contribution is 4.81. The topological polar surface area (TPSA) is 15.3 Å². The van der Waals surface area contributed by atoms with Gasteiger partial charge in [-0.1, -0.05) is 34.1 Å². The summed E-state index contributed by atoms with van der Waals surface area (Å²) in [5.74, 6) is 0. The molecule has 14 heavy (non-hydrogen) atoms. The normalized spacial score (nSPS) is 14.8. The maximum absolute atomic E-state index is 3.41. The van der Waals surface area contributed by atoms with Crippen molar-refractivity contribution in [2.45, 2.75) is 46.6 Å². The van der Waals surface area contributed by atoms with Crippen LogP contribution in [0.2, 0.25) is 0 Å². The van der Waals surface area contributed by atoms with Crippen LogP contribution < -0.4 is 5.32 Å². The lowest BCUT2D eigenvalue weighted by molar-refractivity contribution is 0.201. The molecule has 1 unspecified atom stereocenters. The van der Waals surface area contributed by atoms with Gasteiger partial charge in [0.25, 0.3) is 0 Å². The van der Waals surface area contributed by atoms with E-state index in [1.165, 1.54) is 19.4 Å². The summed E-state index contributed by atoms with van der Waals surface area (Å²) < 4.78 is 0. The predicted molar refractivity (Wildman–Crippen MR) is 64.7 cm³/mol. The van der Waals surface area contributed by atoms with Gasteiger partial charge in [0.1, 0.15) is 0 Å². The first-order valence-electron chi connectivity index (χ1n) is 5.77. The second-order valence-corrected chi connectivity index (χ2v) is 5.32. The van der Waals surface area contributed by atoms with E-state index in [-0.39, 0.29) is 0 Å². The Kier molecular flexibility index (Phi) is 6.38. The molecule has 0 saturated carbocycles. The molecule has 0 aromatic heterocycles. The molecule has 0 heterocycles. The Balaban J connectivity index is 3.93. The summed E-state index contributed by atoms with van der Waals surface area (Å²) >= 11 is 0. The maximum atomic E-state index is 3.41. The van der Waals surface area contributed by atoms with Crippen molar-refractivity contribution >= 4 is 0 Å². The number of nitrogens with one attached hydrogen (secondary N) is 1. The smallest absolute Gasteiger partial charge is 0.0240 e. The number of unbranched alkanes of at least 4 members (excludes halogenated alkanes) is 1. The molecule has 0 aliphatic carbocycles. The molecule has 1 N–H and O–H groups in total. The molecule has 0 aliphatic rings. The molecule has 0 rings (SSSR count). The van der Waals surface area contributed by atoms with E-state index in [4.69, 9.17) is 0 Å². The van der Waals surface area contributed by atoms with Crippen molar-refractivity contribution in [2.75, 3.05) is 27.2 Å². The third kappa shape index (κ3) is 5.61. The Morgan fingerprint density at radius 3 is 2.21 bits per heavy atom. The van der Waals surface area contributed by atoms with E-state index in [0.29, 0.717) is 11.5 Å². The average Bonchev–Trinajstić information content (AvgIpc) is 2.08. The van der Waals surface area contributed by atoms with Crippen molar-refractivity contribution in [1.29, 1.82) is 0 Å². The lowest BCUT2D eigenvalue weighted by Crippen LogP contribution is -2.46. The summed E-state index contributed by atoms with van der Waals surface area (Å²) in [6, 6.07) is 0.573. The van der Waals surface area contributed by atoms with Gasteiger partial charge in [0.15, 0.2) is 0 Å². The highest BCUT2D eigenvalue weighted by Gasteiger charge is 2.23. The van der Waals surface area contributed by atoms with Crippen molar-refractivity contribution in [2.24, 2.45) is 5.41 Å². The number of rotatable bonds is 6. The van der Waals surface area contributed by atoms with E-state index >= 15 is 0 Å². The van der Waals surface area contributed by atoms with E-state index in [0.717, 1.165) is 6.54 Å². The molecular weight excluding hydrogens is 172 g/mol. The molecule has 2 heteroatoms. The van der Waals surface area contributed by atoms with Crippen LogP contribution in [0.1, 0.15) is 40.5 Å². The molecule has 0 fully saturated rings. The quantitative estimate of drug-likeness (QED) is 0.708. The van der Waals surface area contributed by atoms with Gasteiger partial charge >= 0.3 is 0 Å². The molecule has 86 valence electrons. The third-order valence-corrected chi connectivity index (χ3v) is 2.78. The summed E-state index contributed by atoms with van der Waals surface area (Å²) in [7, 11) is 4.27. The molecule has 1 atom stereocenters. The second kappa shape index (κ2) is 6.41. The maximum Gasteiger partial charge on any atom is 0.0240 e. The van der Waals surface area contributed by atoms with Crippen molar-refractivity contribution < 1.29 is 0 Å². The molecule has 2 nitrogen and oxygen atoms in total. The zero-order valence-electron chi connectivity index (χ0n) is 10.9. The van der Waals surface area contributed by atoms with Crippen LogP contribution in [0.15, 0.2) is 0 Å². The van der Waals surface area contributed by atoms with Crippen LogP contribution in [0.4, 0.5) is 0 Å². The number of likely N-dealkylation sites (N-methyl/N-ethyl adjacent to an activating group) is 2. The van der Waals surface area contributed by atoms with Gasteiger partial charge in [0, 0.05) is 12.6 Å². The van der Waals surface area contributed by atoms with Gasteiger partial charge in [-0.15, -0.1) is 0 Å². The minimum absolute atomic E-state index is 0.342. The highest BCUT2D eigenvalue weighted by atomic mass is 15.1. The van der Waals surface area contributed by atoms with Crippen LogP contribution in [-0.2, 0) is 0 Å². The Labute approximate surface area is 90.1 Å². The SMILES string of the molecule is CCCCN(C)CC(NC)C(C)(C)C. The van der Waals surface area contributed by atoms with Gasteiger partial charge in [-0.2, -0.15) is 0 Å². The Bertz CT molecular complexity index is 138. The van der Waals surface area contributed by atoms with Gasteiger partial charge in [-0.25, -0.2) is 0 Å². The Morgan fingerprint density at radius 1 is 1.29 bits per heavy atom. The van der Waals surface area contributed by atoms with Crippen molar-refractivity contribution in [3.63, 3.8) is 0 Å². The van der Waals surface area contributed by atoms with E-state index in [2.05, 4.69) is 52.0 Å². The molecule has 0 spiro atoms. The van der Waals surface area contributed by atoms with Gasteiger partial charge < -0.3 is 10.2 Å². The number of nitrogens with zero attached hydrogens (tertiary/aromatic N) is 1. The fourth-order valence-electron chi connectivity index (χ4n) is 1.63. The molecule has 0 aromatic rings. The largest absolute Gasteiger partial charge is 0.315 e. The lowest BCUT2D eigenvalue weighted by atomic mass is 9.86. The minimum atomic E-state index is 0.342. The standard InChI is InChI=1S/C12H28N2/c1-7-8-9-14(6)10-11(13-5)12(2,3)4/h11,13H,7-10H2,1-6H3. The average molecular weight is 200 g/mol. The summed E-state index contributed by atoms with van der Waals surface area (Å²) in [5.41, 5.74) is 0.342. The highest BCUT2D eigenvalue weighted by Crippen LogP contribution is 2.19. The lowest BCUT2D eigenvalue weighted by Gasteiger charge is -2.33. The fourth-order valence-corrected chi connectivity index (χ4v) is 1.63. The molecule has 0 bridgehead atoms. The first-order valence-corrected chi connectivity index (χ1v) is 5.77. The van der Waals surface area contributed by atoms with Crippen molar-refractivity contribution in [3.8, 4) is 0 Å². The third-order valence-electron chi connectivity index (χ3n) is 2.78. The van der Waals surface area contributed by atoms with Crippen molar-refractivity contribution in [3.05, 3.63) is 0 Å². The molecule has 0 radical (unpaired) electrons. The van der Waals surface area contributed by atoms with Crippen LogP contribution in [0, 0.1) is 5.41 Å². The van der Waals surface area contributed by atoms with Crippen LogP contribution in [-0.4, -0.2) is 38.1 Å². The summed E-state index contributed by atoms with van der Waals surface area (Å²) in [6.45, 7) is 11.5. The van der Waals surface area contributed by atoms with E-state index < -0.39 is 0 Å². The van der Waals surface area contributed by atoms with Crippen LogP contribution in [0.25, 0.3) is 0 Å². The number of hydrogen-bond acceptors (Lipinski definition) is 2. The monoisotopic (exact) mass is 200 g/mol. The zero-order valence-corrected chi connectivity index (χ0v) is 10.9. The second-order valence-electron chi connectivity index (χ2n) is 5.32. The first kappa shape index (κ1) is 13.9. The Morgan fingerprint density at radius 2 is 1.86 bits per heavy atom. The van der Waals surface area contributed by atoms with E-state index in [1.54, 1.807) is 0 Å². The van der Waals surface area contributed by atoms with Gasteiger partial charge in [0.2, 0.25) is 0 Å². The molecule has 0 aromatic carbocycles. The van der Waals surface area contributed by atoms with E-state index in [9.17, 15) is 0 Å². The van der Waals surface area contributed by atoms with Gasteiger partial charge in [0.05, 0.1) is 0 Å². The molecule has 0 amide bonds. The zero-order chi connectivity index (χ0) is 11.2. The Hall–Kier alpha value is -0.0800. The van der Waals surface area contributed by atoms with Gasteiger partial charge in [-0.05, 0) is 32.5 Å². The van der Waals surface area contributed by atoms with Crippen LogP contribution in [0.3, 0.4) is 0 Å². The molecule has 0 aliphatic heterocycles. The fraction of sp³-hybridized carbons (Fsp3) is 1.00. The van der Waals surface area contributed by atoms with Crippen LogP contribution in [0.5, 0.6) is 0 Å². The van der Waals surface area contributed by atoms with Crippen molar-refractivity contribution in [1.82, 2.24) is 10.2 Å².